The molecule has 0 amide bonds. The van der Waals surface area contributed by atoms with Gasteiger partial charge in [0.2, 0.25) is 22.2 Å². The van der Waals surface area contributed by atoms with E-state index >= 15 is 0 Å². The number of thiazole rings is 2. The zero-order valence-electron chi connectivity index (χ0n) is 36.5. The summed E-state index contributed by atoms with van der Waals surface area (Å²) in [7, 11) is -7.54. The number of thioether (sulfide) groups is 1. The molecule has 7 aromatic rings. The fraction of sp³-hybridized carbons (Fsp3) is 0.293. The van der Waals surface area contributed by atoms with E-state index in [1.807, 2.05) is 55.5 Å². The number of aliphatic hydroxyl groups is 1. The second-order valence-electron chi connectivity index (χ2n) is 14.0. The Kier molecular flexibility index (Phi) is 16.7. The van der Waals surface area contributed by atoms with Crippen LogP contribution in [0.3, 0.4) is 0 Å². The van der Waals surface area contributed by atoms with Gasteiger partial charge < -0.3 is 25.5 Å². The van der Waals surface area contributed by atoms with Gasteiger partial charge >= 0.3 is 10.6 Å². The van der Waals surface area contributed by atoms with E-state index in [4.69, 9.17) is 27.6 Å². The van der Waals surface area contributed by atoms with Crippen molar-refractivity contribution in [2.45, 2.75) is 51.6 Å². The molecule has 3 aromatic heterocycles. The molecule has 0 aliphatic rings. The monoisotopic (exact) mass is 991 g/mol. The highest BCUT2D eigenvalue weighted by molar-refractivity contribution is 7.99. The van der Waals surface area contributed by atoms with Crippen molar-refractivity contribution in [3.8, 4) is 0 Å². The van der Waals surface area contributed by atoms with Crippen molar-refractivity contribution in [1.82, 2.24) is 24.9 Å². The molecule has 4 aromatic carbocycles. The molecule has 0 saturated carbocycles. The Morgan fingerprint density at radius 1 is 0.667 bits per heavy atom. The molecule has 0 radical (unpaired) electrons. The number of benzene rings is 4. The van der Waals surface area contributed by atoms with Crippen molar-refractivity contribution in [2.75, 3.05) is 59.0 Å². The number of azo groups is 2. The third-order valence-electron chi connectivity index (χ3n) is 9.62. The van der Waals surface area contributed by atoms with E-state index in [-0.39, 0.29) is 28.5 Å². The number of nitrogens with zero attached hydrogens (tertiary/aromatic N) is 11. The van der Waals surface area contributed by atoms with E-state index in [0.29, 0.717) is 54.6 Å². The van der Waals surface area contributed by atoms with Crippen molar-refractivity contribution in [3.05, 3.63) is 77.9 Å². The van der Waals surface area contributed by atoms with Crippen molar-refractivity contribution in [3.63, 3.8) is 0 Å². The molecule has 4 N–H and O–H groups in total. The van der Waals surface area contributed by atoms with Gasteiger partial charge in [-0.3, -0.25) is 4.55 Å². The van der Waals surface area contributed by atoms with Gasteiger partial charge in [0.15, 0.2) is 5.16 Å². The molecular formula is C41H45N13O7S5. The first-order valence-electron chi connectivity index (χ1n) is 20.3. The lowest BCUT2D eigenvalue weighted by atomic mass is 10.2. The van der Waals surface area contributed by atoms with Crippen LogP contribution in [0.25, 0.3) is 20.4 Å². The quantitative estimate of drug-likeness (QED) is 0.0354. The van der Waals surface area contributed by atoms with Gasteiger partial charge in [-0.15, -0.1) is 33.1 Å². The zero-order chi connectivity index (χ0) is 47.5. The number of aryl methyl sites for hydroxylation is 2. The lowest BCUT2D eigenvalue weighted by molar-refractivity contribution is 0.322. The van der Waals surface area contributed by atoms with Crippen LogP contribution in [-0.2, 0) is 20.7 Å². The normalized spacial score (nSPS) is 11.6. The molecule has 0 atom stereocenters. The van der Waals surface area contributed by atoms with Crippen molar-refractivity contribution >= 4 is 132 Å². The third kappa shape index (κ3) is 12.8. The lowest BCUT2D eigenvalue weighted by Crippen LogP contribution is -2.21. The summed E-state index contributed by atoms with van der Waals surface area (Å²) in [6, 6.07) is 20.7. The molecule has 0 spiro atoms. The summed E-state index contributed by atoms with van der Waals surface area (Å²) in [6.07, 6.45) is 0. The molecule has 0 aliphatic carbocycles. The van der Waals surface area contributed by atoms with Crippen molar-refractivity contribution in [2.24, 2.45) is 20.5 Å². The minimum Gasteiger partial charge on any atom is -0.396 e. The van der Waals surface area contributed by atoms with Crippen LogP contribution in [0.2, 0.25) is 0 Å². The van der Waals surface area contributed by atoms with E-state index in [1.54, 1.807) is 13.0 Å². The number of aliphatic hydroxyl groups excluding tert-OH is 1. The predicted octanol–water partition coefficient (Wildman–Crippen LogP) is 10.0. The van der Waals surface area contributed by atoms with Crippen LogP contribution >= 0.6 is 34.4 Å². The summed E-state index contributed by atoms with van der Waals surface area (Å²) in [4.78, 5) is 27.5. The summed E-state index contributed by atoms with van der Waals surface area (Å²) >= 11 is 3.97. The fourth-order valence-electron chi connectivity index (χ4n) is 6.52. The lowest BCUT2D eigenvalue weighted by Gasteiger charge is -2.22. The summed E-state index contributed by atoms with van der Waals surface area (Å²) in [5, 5.41) is 35.8. The number of hydrogen-bond donors (Lipinski definition) is 4. The van der Waals surface area contributed by atoms with Gasteiger partial charge in [0.05, 0.1) is 43.3 Å². The Morgan fingerprint density at radius 3 is 1.65 bits per heavy atom. The minimum absolute atomic E-state index is 0.0808. The van der Waals surface area contributed by atoms with Gasteiger partial charge in [0.25, 0.3) is 10.1 Å². The zero-order valence-corrected chi connectivity index (χ0v) is 40.6. The van der Waals surface area contributed by atoms with E-state index in [2.05, 4.69) is 84.6 Å². The van der Waals surface area contributed by atoms with Crippen LogP contribution in [0, 0.1) is 13.8 Å². The topological polar surface area (TPSA) is 270 Å². The highest BCUT2D eigenvalue weighted by Gasteiger charge is 2.18. The molecule has 0 unspecified atom stereocenters. The van der Waals surface area contributed by atoms with Gasteiger partial charge in [-0.2, -0.15) is 23.4 Å². The Balaban J connectivity index is 0.00000173. The highest BCUT2D eigenvalue weighted by Crippen LogP contribution is 2.38. The molecular weight excluding hydrogens is 947 g/mol. The predicted molar refractivity (Wildman–Crippen MR) is 261 cm³/mol. The van der Waals surface area contributed by atoms with Crippen LogP contribution in [0.1, 0.15) is 38.8 Å². The number of nitrogens with one attached hydrogen (secondary N) is 2. The molecule has 0 fully saturated rings. The Hall–Kier alpha value is -6.09. The second-order valence-corrected chi connectivity index (χ2v) is 18.8. The highest BCUT2D eigenvalue weighted by atomic mass is 32.2. The average Bonchev–Trinajstić information content (AvgIpc) is 3.87. The van der Waals surface area contributed by atoms with Crippen LogP contribution in [0.4, 0.5) is 56.3 Å². The molecule has 7 rings (SSSR count). The molecule has 0 bridgehead atoms. The van der Waals surface area contributed by atoms with Crippen LogP contribution < -0.4 is 20.4 Å². The Bertz CT molecular complexity index is 3130. The van der Waals surface area contributed by atoms with E-state index in [9.17, 15) is 18.1 Å². The largest absolute Gasteiger partial charge is 0.425 e. The first kappa shape index (κ1) is 49.3. The minimum atomic E-state index is -4.43. The number of aromatic nitrogens is 5. The van der Waals surface area contributed by atoms with E-state index in [0.717, 1.165) is 53.3 Å². The van der Waals surface area contributed by atoms with Crippen LogP contribution in [0.5, 0.6) is 0 Å². The summed E-state index contributed by atoms with van der Waals surface area (Å²) in [5.74, 6) is 0.784. The van der Waals surface area contributed by atoms with Crippen LogP contribution in [-0.4, -0.2) is 94.2 Å². The van der Waals surface area contributed by atoms with Crippen LogP contribution in [0.15, 0.2) is 97.2 Å². The van der Waals surface area contributed by atoms with E-state index in [1.165, 1.54) is 40.5 Å². The van der Waals surface area contributed by atoms with Gasteiger partial charge in [-0.1, -0.05) is 40.5 Å². The van der Waals surface area contributed by atoms with Crippen molar-refractivity contribution in [1.29, 1.82) is 0 Å². The second kappa shape index (κ2) is 22.4. The Morgan fingerprint density at radius 2 is 1.17 bits per heavy atom. The van der Waals surface area contributed by atoms with E-state index < -0.39 is 20.7 Å². The van der Waals surface area contributed by atoms with Gasteiger partial charge in [0, 0.05) is 43.3 Å². The molecule has 346 valence electrons. The SMILES string of the molecule is CCN(CC)c1ccc(N=Nc2nc3ccc(C)cc3s2)c(Nc2nc(Nc3cc(N(CC)CC)ccc3N=Nc3nc4cc(S(=O)(=O)O)c(C)cc4s3)nc(SCCO)n2)c1.O=S(=O)=O. The number of fused-ring (bicyclic) bond motifs is 2. The van der Waals surface area contributed by atoms with Crippen molar-refractivity contribution < 1.29 is 30.7 Å². The number of hydrogen-bond acceptors (Lipinski definition) is 22. The first-order chi connectivity index (χ1) is 31.6. The summed E-state index contributed by atoms with van der Waals surface area (Å²) in [5.41, 5.74) is 6.82. The smallest absolute Gasteiger partial charge is 0.396 e. The molecule has 20 nitrogen and oxygen atoms in total. The number of rotatable bonds is 18. The van der Waals surface area contributed by atoms with Gasteiger partial charge in [0.1, 0.15) is 11.4 Å². The third-order valence-corrected chi connectivity index (χ3v) is 13.2. The average molecular weight is 992 g/mol. The van der Waals surface area contributed by atoms with Gasteiger partial charge in [-0.25, -0.2) is 9.97 Å². The maximum atomic E-state index is 11.9. The number of anilines is 6. The molecule has 0 saturated heterocycles. The summed E-state index contributed by atoms with van der Waals surface area (Å²) in [6.45, 7) is 15.0. The maximum absolute atomic E-state index is 11.9. The summed E-state index contributed by atoms with van der Waals surface area (Å²) < 4.78 is 60.6. The first-order valence-corrected chi connectivity index (χ1v) is 25.3. The molecule has 66 heavy (non-hydrogen) atoms. The fourth-order valence-corrected chi connectivity index (χ4v) is 9.58. The standard InChI is InChI=1S/C41H45N13O4S4.O3S/c1-7-53(8-2)26-12-15-28(49-51-40-44-30-14-11-24(5)19-34(30)60-40)31(21-26)42-37-46-38(48-39(47-37)59-18-17-55)43-32-22-27(54(9-3)10-4)13-16-29(32)50-52-41-45-33-23-36(62(56,57)58)25(6)20-35(33)61-41;1-4(2)3/h11-16,19-23,55H,7-10,17-18H2,1-6H3,(H,56,57,58)(H2,42,43,46,47,48);. The van der Waals surface area contributed by atoms with Gasteiger partial charge in [-0.05, 0) is 113 Å². The molecule has 25 heteroatoms. The molecule has 3 heterocycles. The maximum Gasteiger partial charge on any atom is 0.425 e. The Labute approximate surface area is 394 Å². The molecule has 0 aliphatic heterocycles.